The molecule has 2 aromatic heterocycles. The normalized spacial score (nSPS) is 12.8. The fraction of sp³-hybridized carbons (Fsp3) is 0.250. The number of furan rings is 1. The van der Waals surface area contributed by atoms with Crippen molar-refractivity contribution >= 4 is 23.4 Å². The first kappa shape index (κ1) is 18.5. The van der Waals surface area contributed by atoms with Crippen LogP contribution >= 0.6 is 11.8 Å². The smallest absolute Gasteiger partial charge is 0.349 e. The van der Waals surface area contributed by atoms with Gasteiger partial charge in [0.05, 0.1) is 24.2 Å². The summed E-state index contributed by atoms with van der Waals surface area (Å²) in [5, 5.41) is 3.13. The predicted molar refractivity (Wildman–Crippen MR) is 104 cm³/mol. The average molecular weight is 399 g/mol. The highest BCUT2D eigenvalue weighted by molar-refractivity contribution is 8.00. The summed E-state index contributed by atoms with van der Waals surface area (Å²) in [6.45, 7) is 0.347. The average Bonchev–Trinajstić information content (AvgIpc) is 3.36. The Morgan fingerprint density at radius 3 is 2.89 bits per heavy atom. The van der Waals surface area contributed by atoms with Crippen LogP contribution in [0.5, 0.6) is 0 Å². The molecule has 0 bridgehead atoms. The van der Waals surface area contributed by atoms with E-state index < -0.39 is 5.82 Å². The Kier molecular flexibility index (Phi) is 5.29. The van der Waals surface area contributed by atoms with Gasteiger partial charge in [0, 0.05) is 11.3 Å². The lowest BCUT2D eigenvalue weighted by atomic mass is 10.2. The van der Waals surface area contributed by atoms with Crippen molar-refractivity contribution < 1.29 is 13.6 Å². The number of rotatable bonds is 6. The Balaban J connectivity index is 1.50. The molecule has 1 aromatic carbocycles. The van der Waals surface area contributed by atoms with Gasteiger partial charge in [-0.25, -0.2) is 9.18 Å². The standard InChI is InChI=1S/C20H18FN3O3S/c21-15-7-1-2-8-16(15)22-18(25)12-28-19-14-6-3-9-17(14)24(20(26)23-19)11-13-5-4-10-27-13/h1-2,4-5,7-8,10H,3,6,9,11-12H2,(H,22,25). The fourth-order valence-electron chi connectivity index (χ4n) is 3.31. The van der Waals surface area contributed by atoms with Gasteiger partial charge in [0.2, 0.25) is 5.91 Å². The van der Waals surface area contributed by atoms with E-state index in [9.17, 15) is 14.0 Å². The molecule has 28 heavy (non-hydrogen) atoms. The van der Waals surface area contributed by atoms with Gasteiger partial charge in [-0.15, -0.1) is 0 Å². The number of thioether (sulfide) groups is 1. The highest BCUT2D eigenvalue weighted by Gasteiger charge is 2.23. The van der Waals surface area contributed by atoms with E-state index in [-0.39, 0.29) is 23.0 Å². The Bertz CT molecular complexity index is 1060. The number of hydrogen-bond donors (Lipinski definition) is 1. The van der Waals surface area contributed by atoms with Crippen molar-refractivity contribution in [2.75, 3.05) is 11.1 Å². The molecule has 4 rings (SSSR count). The second kappa shape index (κ2) is 8.02. The number of benzene rings is 1. The highest BCUT2D eigenvalue weighted by atomic mass is 32.2. The van der Waals surface area contributed by atoms with Crippen LogP contribution in [0.15, 0.2) is 56.9 Å². The third kappa shape index (κ3) is 3.87. The van der Waals surface area contributed by atoms with Gasteiger partial charge in [-0.2, -0.15) is 4.98 Å². The third-order valence-corrected chi connectivity index (χ3v) is 5.60. The van der Waals surface area contributed by atoms with Crippen LogP contribution in [0.25, 0.3) is 0 Å². The van der Waals surface area contributed by atoms with Crippen molar-refractivity contribution in [3.8, 4) is 0 Å². The topological polar surface area (TPSA) is 77.1 Å². The zero-order chi connectivity index (χ0) is 19.5. The molecule has 0 fully saturated rings. The molecule has 1 aliphatic rings. The molecule has 1 N–H and O–H groups in total. The number of para-hydroxylation sites is 1. The van der Waals surface area contributed by atoms with Gasteiger partial charge in [0.25, 0.3) is 0 Å². The lowest BCUT2D eigenvalue weighted by Gasteiger charge is -2.13. The van der Waals surface area contributed by atoms with Crippen molar-refractivity contribution in [1.82, 2.24) is 9.55 Å². The number of amides is 1. The van der Waals surface area contributed by atoms with E-state index >= 15 is 0 Å². The van der Waals surface area contributed by atoms with Crippen LogP contribution in [0.2, 0.25) is 0 Å². The Hall–Kier alpha value is -2.87. The summed E-state index contributed by atoms with van der Waals surface area (Å²) in [5.74, 6) is -0.0819. The molecule has 0 spiro atoms. The van der Waals surface area contributed by atoms with E-state index in [1.54, 1.807) is 29.0 Å². The largest absolute Gasteiger partial charge is 0.467 e. The Labute approximate surface area is 164 Å². The van der Waals surface area contributed by atoms with Gasteiger partial charge < -0.3 is 9.73 Å². The number of carbonyl (C=O) groups excluding carboxylic acids is 1. The summed E-state index contributed by atoms with van der Waals surface area (Å²) in [6, 6.07) is 9.61. The number of hydrogen-bond acceptors (Lipinski definition) is 5. The summed E-state index contributed by atoms with van der Waals surface area (Å²) in [4.78, 5) is 28.9. The van der Waals surface area contributed by atoms with E-state index in [0.717, 1.165) is 30.5 Å². The number of halogens is 1. The zero-order valence-electron chi connectivity index (χ0n) is 15.0. The molecule has 2 heterocycles. The van der Waals surface area contributed by atoms with E-state index in [0.29, 0.717) is 17.3 Å². The molecular weight excluding hydrogens is 381 g/mol. The molecule has 3 aromatic rings. The molecule has 0 unspecified atom stereocenters. The first-order valence-electron chi connectivity index (χ1n) is 8.94. The van der Waals surface area contributed by atoms with Crippen molar-refractivity contribution in [2.24, 2.45) is 0 Å². The van der Waals surface area contributed by atoms with Gasteiger partial charge >= 0.3 is 5.69 Å². The van der Waals surface area contributed by atoms with Crippen LogP contribution in [0.4, 0.5) is 10.1 Å². The Morgan fingerprint density at radius 1 is 1.25 bits per heavy atom. The van der Waals surface area contributed by atoms with Crippen LogP contribution in [-0.2, 0) is 24.2 Å². The minimum atomic E-state index is -0.486. The SMILES string of the molecule is O=C(CSc1nc(=O)n(Cc2ccco2)c2c1CCC2)Nc1ccccc1F. The minimum absolute atomic E-state index is 0.0510. The maximum absolute atomic E-state index is 13.7. The lowest BCUT2D eigenvalue weighted by Crippen LogP contribution is -2.28. The first-order valence-corrected chi connectivity index (χ1v) is 9.92. The van der Waals surface area contributed by atoms with Gasteiger partial charge in [-0.05, 0) is 43.5 Å². The van der Waals surface area contributed by atoms with Crippen LogP contribution in [0.3, 0.4) is 0 Å². The monoisotopic (exact) mass is 399 g/mol. The summed E-state index contributed by atoms with van der Waals surface area (Å²) < 4.78 is 20.7. The number of aromatic nitrogens is 2. The number of anilines is 1. The second-order valence-electron chi connectivity index (χ2n) is 6.46. The molecule has 1 aliphatic carbocycles. The second-order valence-corrected chi connectivity index (χ2v) is 7.42. The van der Waals surface area contributed by atoms with Crippen molar-refractivity contribution in [1.29, 1.82) is 0 Å². The van der Waals surface area contributed by atoms with Crippen molar-refractivity contribution in [3.05, 3.63) is 76.0 Å². The number of fused-ring (bicyclic) bond motifs is 1. The summed E-state index contributed by atoms with van der Waals surface area (Å²) >= 11 is 1.21. The maximum Gasteiger partial charge on any atom is 0.349 e. The number of nitrogens with zero attached hydrogens (tertiary/aromatic N) is 2. The zero-order valence-corrected chi connectivity index (χ0v) is 15.8. The Morgan fingerprint density at radius 2 is 2.11 bits per heavy atom. The molecule has 0 aliphatic heterocycles. The molecule has 0 saturated heterocycles. The number of nitrogens with one attached hydrogen (secondary N) is 1. The van der Waals surface area contributed by atoms with Crippen LogP contribution in [0.1, 0.15) is 23.4 Å². The number of carbonyl (C=O) groups is 1. The van der Waals surface area contributed by atoms with Gasteiger partial charge in [-0.3, -0.25) is 9.36 Å². The molecule has 0 radical (unpaired) electrons. The molecule has 1 amide bonds. The van der Waals surface area contributed by atoms with E-state index in [2.05, 4.69) is 10.3 Å². The van der Waals surface area contributed by atoms with E-state index in [1.165, 1.54) is 23.9 Å². The maximum atomic E-state index is 13.7. The quantitative estimate of drug-likeness (QED) is 0.509. The minimum Gasteiger partial charge on any atom is -0.467 e. The fourth-order valence-corrected chi connectivity index (χ4v) is 4.19. The summed E-state index contributed by atoms with van der Waals surface area (Å²) in [6.07, 6.45) is 4.13. The third-order valence-electron chi connectivity index (χ3n) is 4.58. The molecular formula is C20H18FN3O3S. The van der Waals surface area contributed by atoms with Crippen LogP contribution in [-0.4, -0.2) is 21.2 Å². The van der Waals surface area contributed by atoms with Crippen LogP contribution in [0, 0.1) is 5.82 Å². The lowest BCUT2D eigenvalue weighted by molar-refractivity contribution is -0.113. The van der Waals surface area contributed by atoms with E-state index in [4.69, 9.17) is 4.42 Å². The molecule has 144 valence electrons. The van der Waals surface area contributed by atoms with Gasteiger partial charge in [0.15, 0.2) is 0 Å². The molecule has 8 heteroatoms. The molecule has 6 nitrogen and oxygen atoms in total. The first-order chi connectivity index (χ1) is 13.6. The van der Waals surface area contributed by atoms with Crippen LogP contribution < -0.4 is 11.0 Å². The summed E-state index contributed by atoms with van der Waals surface area (Å²) in [7, 11) is 0. The van der Waals surface area contributed by atoms with Crippen molar-refractivity contribution in [3.63, 3.8) is 0 Å². The summed E-state index contributed by atoms with van der Waals surface area (Å²) in [5.41, 5.74) is 1.75. The van der Waals surface area contributed by atoms with Gasteiger partial charge in [0.1, 0.15) is 16.6 Å². The molecule has 0 atom stereocenters. The molecule has 0 saturated carbocycles. The predicted octanol–water partition coefficient (Wildman–Crippen LogP) is 3.24. The van der Waals surface area contributed by atoms with Gasteiger partial charge in [-0.1, -0.05) is 23.9 Å². The highest BCUT2D eigenvalue weighted by Crippen LogP contribution is 2.29. The van der Waals surface area contributed by atoms with Crippen molar-refractivity contribution in [2.45, 2.75) is 30.8 Å². The van der Waals surface area contributed by atoms with E-state index in [1.807, 2.05) is 6.07 Å².